The number of thiol groups is 1. The second-order valence-corrected chi connectivity index (χ2v) is 2.56. The zero-order valence-corrected chi connectivity index (χ0v) is 7.81. The Balaban J connectivity index is 0.000001000. The van der Waals surface area contributed by atoms with Crippen molar-refractivity contribution in [2.24, 2.45) is 5.73 Å². The van der Waals surface area contributed by atoms with E-state index in [0.717, 1.165) is 5.56 Å². The van der Waals surface area contributed by atoms with E-state index in [9.17, 15) is 0 Å². The van der Waals surface area contributed by atoms with Crippen molar-refractivity contribution in [3.63, 3.8) is 0 Å². The molecule has 3 heteroatoms. The lowest BCUT2D eigenvalue weighted by Gasteiger charge is -2.06. The monoisotopic (exact) mass is 189 g/mol. The maximum absolute atomic E-state index is 5.72. The van der Waals surface area contributed by atoms with Crippen LogP contribution in [0, 0.1) is 0 Å². The van der Waals surface area contributed by atoms with Crippen molar-refractivity contribution in [2.45, 2.75) is 6.04 Å². The summed E-state index contributed by atoms with van der Waals surface area (Å²) in [5, 5.41) is 0. The quantitative estimate of drug-likeness (QED) is 0.685. The highest BCUT2D eigenvalue weighted by Gasteiger charge is 1.99. The molecule has 0 bridgehead atoms. The van der Waals surface area contributed by atoms with E-state index in [1.807, 2.05) is 30.3 Å². The van der Waals surface area contributed by atoms with Crippen LogP contribution in [0.5, 0.6) is 0 Å². The van der Waals surface area contributed by atoms with Gasteiger partial charge < -0.3 is 5.73 Å². The zero-order chi connectivity index (χ0) is 7.40. The molecule has 0 saturated heterocycles. The first-order valence-corrected chi connectivity index (χ1v) is 3.89. The van der Waals surface area contributed by atoms with Crippen molar-refractivity contribution in [2.75, 3.05) is 5.75 Å². The SMILES string of the molecule is Cl.NC(CS)c1ccccc1. The fraction of sp³-hybridized carbons (Fsp3) is 0.250. The number of hydrogen-bond acceptors (Lipinski definition) is 2. The molecule has 1 nitrogen and oxygen atoms in total. The molecule has 0 saturated carbocycles. The van der Waals surface area contributed by atoms with Crippen molar-refractivity contribution in [1.29, 1.82) is 0 Å². The van der Waals surface area contributed by atoms with Crippen molar-refractivity contribution in [3.8, 4) is 0 Å². The summed E-state index contributed by atoms with van der Waals surface area (Å²) in [6.07, 6.45) is 0. The summed E-state index contributed by atoms with van der Waals surface area (Å²) in [5.41, 5.74) is 6.87. The van der Waals surface area contributed by atoms with E-state index in [2.05, 4.69) is 12.6 Å². The third kappa shape index (κ3) is 3.14. The van der Waals surface area contributed by atoms with Gasteiger partial charge in [0.05, 0.1) is 0 Å². The molecule has 0 aliphatic rings. The summed E-state index contributed by atoms with van der Waals surface area (Å²) >= 11 is 4.10. The van der Waals surface area contributed by atoms with Gasteiger partial charge in [0.2, 0.25) is 0 Å². The third-order valence-electron chi connectivity index (χ3n) is 1.42. The summed E-state index contributed by atoms with van der Waals surface area (Å²) in [6.45, 7) is 0. The molecule has 1 unspecified atom stereocenters. The van der Waals surface area contributed by atoms with Crippen molar-refractivity contribution in [3.05, 3.63) is 35.9 Å². The van der Waals surface area contributed by atoms with E-state index in [0.29, 0.717) is 5.75 Å². The average molecular weight is 190 g/mol. The van der Waals surface area contributed by atoms with Crippen LogP contribution in [0.4, 0.5) is 0 Å². The normalized spacial score (nSPS) is 11.8. The highest BCUT2D eigenvalue weighted by Crippen LogP contribution is 2.09. The fourth-order valence-electron chi connectivity index (χ4n) is 0.806. The molecule has 0 fully saturated rings. The Morgan fingerprint density at radius 1 is 1.27 bits per heavy atom. The summed E-state index contributed by atoms with van der Waals surface area (Å²) in [4.78, 5) is 0. The van der Waals surface area contributed by atoms with Crippen LogP contribution >= 0.6 is 25.0 Å². The van der Waals surface area contributed by atoms with Crippen molar-refractivity contribution in [1.82, 2.24) is 0 Å². The first kappa shape index (κ1) is 10.8. The summed E-state index contributed by atoms with van der Waals surface area (Å²) in [6, 6.07) is 10.1. The van der Waals surface area contributed by atoms with Crippen LogP contribution in [0.3, 0.4) is 0 Å². The number of nitrogens with two attached hydrogens (primary N) is 1. The molecule has 1 atom stereocenters. The van der Waals surface area contributed by atoms with Gasteiger partial charge in [-0.3, -0.25) is 0 Å². The Bertz CT molecular complexity index is 191. The highest BCUT2D eigenvalue weighted by molar-refractivity contribution is 7.80. The van der Waals surface area contributed by atoms with Crippen LogP contribution in [0.2, 0.25) is 0 Å². The first-order valence-electron chi connectivity index (χ1n) is 3.26. The van der Waals surface area contributed by atoms with Crippen LogP contribution in [-0.2, 0) is 0 Å². The maximum Gasteiger partial charge on any atom is 0.0384 e. The molecule has 2 N–H and O–H groups in total. The second kappa shape index (κ2) is 5.47. The number of benzene rings is 1. The molecule has 0 heterocycles. The first-order chi connectivity index (χ1) is 4.84. The number of halogens is 1. The van der Waals surface area contributed by atoms with E-state index < -0.39 is 0 Å². The smallest absolute Gasteiger partial charge is 0.0384 e. The Morgan fingerprint density at radius 2 is 1.82 bits per heavy atom. The molecule has 11 heavy (non-hydrogen) atoms. The minimum atomic E-state index is 0. The van der Waals surface area contributed by atoms with Gasteiger partial charge >= 0.3 is 0 Å². The van der Waals surface area contributed by atoms with Crippen LogP contribution in [0.15, 0.2) is 30.3 Å². The molecular formula is C8H12ClNS. The summed E-state index contributed by atoms with van der Waals surface area (Å²) in [7, 11) is 0. The average Bonchev–Trinajstić information content (AvgIpc) is 2.05. The van der Waals surface area contributed by atoms with Crippen LogP contribution in [0.1, 0.15) is 11.6 Å². The van der Waals surface area contributed by atoms with Crippen LogP contribution < -0.4 is 5.73 Å². The van der Waals surface area contributed by atoms with E-state index >= 15 is 0 Å². The summed E-state index contributed by atoms with van der Waals surface area (Å²) in [5.74, 6) is 0.698. The zero-order valence-electron chi connectivity index (χ0n) is 6.10. The largest absolute Gasteiger partial charge is 0.323 e. The summed E-state index contributed by atoms with van der Waals surface area (Å²) < 4.78 is 0. The van der Waals surface area contributed by atoms with Gasteiger partial charge in [-0.2, -0.15) is 12.6 Å². The van der Waals surface area contributed by atoms with E-state index in [1.165, 1.54) is 0 Å². The van der Waals surface area contributed by atoms with Crippen LogP contribution in [-0.4, -0.2) is 5.75 Å². The molecule has 0 aliphatic heterocycles. The lowest BCUT2D eigenvalue weighted by atomic mass is 10.1. The minimum Gasteiger partial charge on any atom is -0.323 e. The van der Waals surface area contributed by atoms with E-state index in [-0.39, 0.29) is 18.4 Å². The van der Waals surface area contributed by atoms with Crippen LogP contribution in [0.25, 0.3) is 0 Å². The maximum atomic E-state index is 5.72. The van der Waals surface area contributed by atoms with E-state index in [4.69, 9.17) is 5.73 Å². The van der Waals surface area contributed by atoms with Gasteiger partial charge in [-0.15, -0.1) is 12.4 Å². The van der Waals surface area contributed by atoms with Gasteiger partial charge in [0.25, 0.3) is 0 Å². The van der Waals surface area contributed by atoms with Gasteiger partial charge in [0.15, 0.2) is 0 Å². The topological polar surface area (TPSA) is 26.0 Å². The Morgan fingerprint density at radius 3 is 2.27 bits per heavy atom. The molecular weight excluding hydrogens is 178 g/mol. The lowest BCUT2D eigenvalue weighted by Crippen LogP contribution is -2.10. The number of rotatable bonds is 2. The van der Waals surface area contributed by atoms with Crippen molar-refractivity contribution < 1.29 is 0 Å². The molecule has 0 spiro atoms. The lowest BCUT2D eigenvalue weighted by molar-refractivity contribution is 0.834. The van der Waals surface area contributed by atoms with Gasteiger partial charge in [0.1, 0.15) is 0 Å². The molecule has 1 aromatic rings. The molecule has 1 rings (SSSR count). The van der Waals surface area contributed by atoms with E-state index in [1.54, 1.807) is 0 Å². The Labute approximate surface area is 78.8 Å². The Kier molecular flexibility index (Phi) is 5.38. The second-order valence-electron chi connectivity index (χ2n) is 2.20. The molecule has 1 aromatic carbocycles. The highest BCUT2D eigenvalue weighted by atomic mass is 35.5. The molecule has 62 valence electrons. The predicted octanol–water partition coefficient (Wildman–Crippen LogP) is 2.04. The fourth-order valence-corrected chi connectivity index (χ4v) is 1.02. The van der Waals surface area contributed by atoms with Gasteiger partial charge in [-0.05, 0) is 5.56 Å². The minimum absolute atomic E-state index is 0. The standard InChI is InChI=1S/C8H11NS.ClH/c9-8(6-10)7-4-2-1-3-5-7;/h1-5,8,10H,6,9H2;1H. The molecule has 0 radical (unpaired) electrons. The molecule has 0 aliphatic carbocycles. The molecule has 0 amide bonds. The van der Waals surface area contributed by atoms with Crippen molar-refractivity contribution >= 4 is 25.0 Å². The van der Waals surface area contributed by atoms with Gasteiger partial charge in [0, 0.05) is 11.8 Å². The Hall–Kier alpha value is -0.180. The number of hydrogen-bond donors (Lipinski definition) is 2. The molecule has 0 aromatic heterocycles. The van der Waals surface area contributed by atoms with Gasteiger partial charge in [-0.25, -0.2) is 0 Å². The van der Waals surface area contributed by atoms with Gasteiger partial charge in [-0.1, -0.05) is 30.3 Å². The predicted molar refractivity (Wildman–Crippen MR) is 54.5 cm³/mol. The third-order valence-corrected chi connectivity index (χ3v) is 1.82.